The van der Waals surface area contributed by atoms with Crippen LogP contribution in [0.4, 0.5) is 10.1 Å². The van der Waals surface area contributed by atoms with Crippen molar-refractivity contribution in [3.8, 4) is 17.0 Å². The van der Waals surface area contributed by atoms with Gasteiger partial charge in [0.25, 0.3) is 0 Å². The van der Waals surface area contributed by atoms with E-state index in [2.05, 4.69) is 15.0 Å². The maximum atomic E-state index is 14.6. The summed E-state index contributed by atoms with van der Waals surface area (Å²) in [7, 11) is 0. The molecule has 0 saturated heterocycles. The van der Waals surface area contributed by atoms with Crippen molar-refractivity contribution in [3.05, 3.63) is 42.9 Å². The van der Waals surface area contributed by atoms with E-state index in [1.54, 1.807) is 24.7 Å². The molecular weight excluding hydrogens is 333 g/mol. The molecule has 130 valence electrons. The lowest BCUT2D eigenvalue weighted by Gasteiger charge is -2.27. The van der Waals surface area contributed by atoms with Crippen molar-refractivity contribution in [1.29, 1.82) is 0 Å². The summed E-state index contributed by atoms with van der Waals surface area (Å²) in [6, 6.07) is 3.22. The van der Waals surface area contributed by atoms with Crippen molar-refractivity contribution >= 4 is 27.5 Å². The Morgan fingerprint density at radius 2 is 1.96 bits per heavy atom. The summed E-state index contributed by atoms with van der Waals surface area (Å²) >= 11 is 0. The number of aromatic hydroxyl groups is 1. The standard InChI is InChI=1S/C19H16FN5O/c20-13-5-4-12-17(21)16-14(8-25(19(16)26)11-2-1-3-11)24-18(12)15(13)10-6-22-9-23-7-10/h4-9,11,26H,1-3,21H2. The number of benzene rings is 1. The third-order valence-corrected chi connectivity index (χ3v) is 5.22. The van der Waals surface area contributed by atoms with Crippen LogP contribution in [-0.2, 0) is 0 Å². The Bertz CT molecular complexity index is 1150. The van der Waals surface area contributed by atoms with Crippen LogP contribution in [0.5, 0.6) is 5.88 Å². The molecule has 3 heterocycles. The van der Waals surface area contributed by atoms with Crippen molar-refractivity contribution in [1.82, 2.24) is 19.5 Å². The molecule has 4 aromatic rings. The molecule has 26 heavy (non-hydrogen) atoms. The van der Waals surface area contributed by atoms with Crippen molar-refractivity contribution in [3.63, 3.8) is 0 Å². The van der Waals surface area contributed by atoms with Gasteiger partial charge in [0.15, 0.2) is 0 Å². The smallest absolute Gasteiger partial charge is 0.203 e. The van der Waals surface area contributed by atoms with E-state index in [1.165, 1.54) is 12.4 Å². The number of nitrogen functional groups attached to an aromatic ring is 1. The van der Waals surface area contributed by atoms with Gasteiger partial charge >= 0.3 is 0 Å². The van der Waals surface area contributed by atoms with E-state index >= 15 is 0 Å². The first-order valence-electron chi connectivity index (χ1n) is 8.51. The van der Waals surface area contributed by atoms with Crippen LogP contribution in [0.1, 0.15) is 25.3 Å². The maximum Gasteiger partial charge on any atom is 0.203 e. The second-order valence-corrected chi connectivity index (χ2v) is 6.68. The number of hydrogen-bond acceptors (Lipinski definition) is 5. The second-order valence-electron chi connectivity index (χ2n) is 6.68. The van der Waals surface area contributed by atoms with E-state index in [9.17, 15) is 9.50 Å². The first-order valence-corrected chi connectivity index (χ1v) is 8.51. The van der Waals surface area contributed by atoms with Crippen LogP contribution in [-0.4, -0.2) is 24.6 Å². The van der Waals surface area contributed by atoms with Gasteiger partial charge in [0.2, 0.25) is 5.88 Å². The van der Waals surface area contributed by atoms with Crippen LogP contribution in [0.25, 0.3) is 32.9 Å². The first-order chi connectivity index (χ1) is 12.6. The molecule has 0 aliphatic heterocycles. The summed E-state index contributed by atoms with van der Waals surface area (Å²) < 4.78 is 16.5. The minimum atomic E-state index is -0.416. The second kappa shape index (κ2) is 5.39. The van der Waals surface area contributed by atoms with Crippen LogP contribution < -0.4 is 5.73 Å². The first kappa shape index (κ1) is 15.1. The average molecular weight is 349 g/mol. The highest BCUT2D eigenvalue weighted by Crippen LogP contribution is 2.43. The fourth-order valence-corrected chi connectivity index (χ4v) is 3.65. The molecule has 1 fully saturated rings. The molecule has 0 amide bonds. The Hall–Kier alpha value is -3.22. The van der Waals surface area contributed by atoms with Crippen LogP contribution in [0, 0.1) is 5.82 Å². The van der Waals surface area contributed by atoms with Gasteiger partial charge in [0, 0.05) is 41.1 Å². The molecule has 1 aliphatic rings. The molecular formula is C19H16FN5O. The van der Waals surface area contributed by atoms with Gasteiger partial charge in [-0.3, -0.25) is 0 Å². The molecule has 1 aliphatic carbocycles. The molecule has 0 atom stereocenters. The van der Waals surface area contributed by atoms with E-state index in [0.717, 1.165) is 19.3 Å². The van der Waals surface area contributed by atoms with E-state index in [-0.39, 0.29) is 11.9 Å². The third-order valence-electron chi connectivity index (χ3n) is 5.22. The summed E-state index contributed by atoms with van der Waals surface area (Å²) in [4.78, 5) is 12.6. The molecule has 0 radical (unpaired) electrons. The molecule has 1 aromatic carbocycles. The van der Waals surface area contributed by atoms with Crippen molar-refractivity contribution in [2.24, 2.45) is 0 Å². The molecule has 7 heteroatoms. The highest BCUT2D eigenvalue weighted by molar-refractivity contribution is 6.12. The van der Waals surface area contributed by atoms with Gasteiger partial charge in [0.05, 0.1) is 22.1 Å². The summed E-state index contributed by atoms with van der Waals surface area (Å²) in [6.45, 7) is 0. The Labute approximate surface area is 148 Å². The summed E-state index contributed by atoms with van der Waals surface area (Å²) in [5, 5.41) is 11.8. The van der Waals surface area contributed by atoms with Crippen LogP contribution >= 0.6 is 0 Å². The molecule has 3 N–H and O–H groups in total. The fourth-order valence-electron chi connectivity index (χ4n) is 3.65. The third kappa shape index (κ3) is 2.00. The normalized spacial score (nSPS) is 14.8. The zero-order chi connectivity index (χ0) is 17.8. The number of nitrogens with two attached hydrogens (primary N) is 1. The molecule has 0 unspecified atom stereocenters. The van der Waals surface area contributed by atoms with Gasteiger partial charge < -0.3 is 15.4 Å². The molecule has 0 spiro atoms. The average Bonchev–Trinajstić information content (AvgIpc) is 2.91. The maximum absolute atomic E-state index is 14.6. The molecule has 6 nitrogen and oxygen atoms in total. The Morgan fingerprint density at radius 3 is 2.65 bits per heavy atom. The van der Waals surface area contributed by atoms with Gasteiger partial charge in [-0.1, -0.05) is 0 Å². The SMILES string of the molecule is Nc1c2ccc(F)c(-c3cncnc3)c2nc2cn(C3CCC3)c(O)c12. The predicted molar refractivity (Wildman–Crippen MR) is 97.2 cm³/mol. The number of pyridine rings is 1. The number of anilines is 1. The van der Waals surface area contributed by atoms with Gasteiger partial charge in [-0.2, -0.15) is 0 Å². The van der Waals surface area contributed by atoms with Gasteiger partial charge in [0.1, 0.15) is 12.1 Å². The zero-order valence-electron chi connectivity index (χ0n) is 13.9. The lowest BCUT2D eigenvalue weighted by atomic mass is 9.93. The van der Waals surface area contributed by atoms with Crippen LogP contribution in [0.15, 0.2) is 37.1 Å². The van der Waals surface area contributed by atoms with E-state index in [1.807, 2.05) is 4.57 Å². The number of aromatic nitrogens is 4. The van der Waals surface area contributed by atoms with Crippen molar-refractivity contribution in [2.75, 3.05) is 5.73 Å². The largest absolute Gasteiger partial charge is 0.494 e. The number of halogens is 1. The quantitative estimate of drug-likeness (QED) is 0.574. The fraction of sp³-hybridized carbons (Fsp3) is 0.211. The van der Waals surface area contributed by atoms with E-state index in [4.69, 9.17) is 5.73 Å². The highest BCUT2D eigenvalue weighted by Gasteiger charge is 2.25. The summed E-state index contributed by atoms with van der Waals surface area (Å²) in [5.74, 6) is -0.285. The summed E-state index contributed by atoms with van der Waals surface area (Å²) in [6.07, 6.45) is 9.48. The van der Waals surface area contributed by atoms with Crippen molar-refractivity contribution < 1.29 is 9.50 Å². The topological polar surface area (TPSA) is 89.9 Å². The monoisotopic (exact) mass is 349 g/mol. The molecule has 0 bridgehead atoms. The van der Waals surface area contributed by atoms with Crippen LogP contribution in [0.3, 0.4) is 0 Å². The number of nitrogens with zero attached hydrogens (tertiary/aromatic N) is 4. The van der Waals surface area contributed by atoms with Crippen LogP contribution in [0.2, 0.25) is 0 Å². The Morgan fingerprint density at radius 1 is 1.19 bits per heavy atom. The van der Waals surface area contributed by atoms with Gasteiger partial charge in [-0.15, -0.1) is 0 Å². The summed E-state index contributed by atoms with van der Waals surface area (Å²) in [5.41, 5.74) is 8.60. The lowest BCUT2D eigenvalue weighted by molar-refractivity contribution is 0.283. The molecule has 1 saturated carbocycles. The number of rotatable bonds is 2. The van der Waals surface area contributed by atoms with E-state index in [0.29, 0.717) is 38.6 Å². The minimum Gasteiger partial charge on any atom is -0.494 e. The van der Waals surface area contributed by atoms with Gasteiger partial charge in [-0.05, 0) is 31.4 Å². The van der Waals surface area contributed by atoms with E-state index < -0.39 is 5.82 Å². The molecule has 3 aromatic heterocycles. The number of hydrogen-bond donors (Lipinski definition) is 2. The highest BCUT2D eigenvalue weighted by atomic mass is 19.1. The minimum absolute atomic E-state index is 0.130. The predicted octanol–water partition coefficient (Wildman–Crippen LogP) is 3.80. The molecule has 5 rings (SSSR count). The Kier molecular flexibility index (Phi) is 3.12. The van der Waals surface area contributed by atoms with Crippen molar-refractivity contribution in [2.45, 2.75) is 25.3 Å². The lowest BCUT2D eigenvalue weighted by Crippen LogP contribution is -2.15. The zero-order valence-corrected chi connectivity index (χ0v) is 13.9. The Balaban J connectivity index is 1.86. The number of fused-ring (bicyclic) bond motifs is 2. The van der Waals surface area contributed by atoms with Gasteiger partial charge in [-0.25, -0.2) is 19.3 Å².